The van der Waals surface area contributed by atoms with Crippen LogP contribution >= 0.6 is 27.5 Å². The molecule has 4 aliphatic rings. The maximum absolute atomic E-state index is 15.5. The van der Waals surface area contributed by atoms with Gasteiger partial charge in [-0.3, -0.25) is 23.5 Å². The van der Waals surface area contributed by atoms with Crippen LogP contribution in [0.4, 0.5) is 8.78 Å². The SMILES string of the molecule is C.C.C.CC1C(=O)N(C)Cc2c(Br)nc(C3CCOCC3)n21.Cc1cn(-c2cc3ccc(F)c(-c4nc(C5CCOCC5)n5c4CN(C)C(=O)C5C)c3cn2)cn1.Cc1cn(-c2cc3ccc(F)c(Cl)c3cn2)cn1.O=CO[O-].[H-].[K+].[K+]. The smallest absolute Gasteiger partial charge is 1.00 e. The second-order valence-corrected chi connectivity index (χ2v) is 20.2. The maximum Gasteiger partial charge on any atom is 1.00 e. The first-order chi connectivity index (χ1) is 36.6. The van der Waals surface area contributed by atoms with Crippen molar-refractivity contribution in [2.75, 3.05) is 40.5 Å². The molecule has 10 heterocycles. The van der Waals surface area contributed by atoms with E-state index in [2.05, 4.69) is 50.3 Å². The van der Waals surface area contributed by atoms with Crippen molar-refractivity contribution in [1.82, 2.24) is 58.0 Å². The number of aryl methyl sites for hydroxylation is 2. The number of hydrogen-bond donors (Lipinski definition) is 0. The van der Waals surface area contributed by atoms with Gasteiger partial charge in [0.2, 0.25) is 11.8 Å². The number of pyridine rings is 2. The Morgan fingerprint density at radius 3 is 1.60 bits per heavy atom. The molecule has 2 amide bonds. The average Bonchev–Trinajstić information content (AvgIpc) is 4.27. The zero-order valence-corrected chi connectivity index (χ0v) is 53.2. The third-order valence-electron chi connectivity index (χ3n) is 14.1. The molecule has 0 saturated carbocycles. The summed E-state index contributed by atoms with van der Waals surface area (Å²) in [6.45, 7) is 11.4. The van der Waals surface area contributed by atoms with Crippen molar-refractivity contribution in [2.24, 2.45) is 0 Å². The topological polar surface area (TPSA) is 205 Å². The van der Waals surface area contributed by atoms with Crippen molar-refractivity contribution >= 4 is 67.4 Å². The zero-order chi connectivity index (χ0) is 53.9. The van der Waals surface area contributed by atoms with E-state index in [1.54, 1.807) is 54.0 Å². The first kappa shape index (κ1) is 69.8. The molecule has 19 nitrogen and oxygen atoms in total. The molecule has 0 aliphatic carbocycles. The van der Waals surface area contributed by atoms with E-state index in [9.17, 15) is 14.0 Å². The van der Waals surface area contributed by atoms with Crippen molar-refractivity contribution in [3.05, 3.63) is 130 Å². The number of benzene rings is 2. The zero-order valence-electron chi connectivity index (χ0n) is 45.6. The summed E-state index contributed by atoms with van der Waals surface area (Å²) in [5, 5.41) is 11.5. The van der Waals surface area contributed by atoms with Crippen LogP contribution in [0.2, 0.25) is 5.02 Å². The molecule has 0 spiro atoms. The number of halogens is 4. The Hall–Kier alpha value is -3.71. The van der Waals surface area contributed by atoms with Gasteiger partial charge in [0.25, 0.3) is 6.47 Å². The third kappa shape index (κ3) is 15.0. The van der Waals surface area contributed by atoms with Crippen molar-refractivity contribution in [1.29, 1.82) is 0 Å². The quantitative estimate of drug-likeness (QED) is 0.0992. The molecular weight excluding hydrogens is 1180 g/mol. The third-order valence-corrected chi connectivity index (χ3v) is 15.1. The van der Waals surface area contributed by atoms with E-state index in [-0.39, 0.29) is 168 Å². The molecule has 4 aliphatic heterocycles. The molecule has 6 aromatic heterocycles. The summed E-state index contributed by atoms with van der Waals surface area (Å²) in [6.07, 6.45) is 14.1. The van der Waals surface area contributed by atoms with E-state index in [0.717, 1.165) is 94.5 Å². The van der Waals surface area contributed by atoms with Gasteiger partial charge in [-0.25, -0.2) is 38.7 Å². The molecule has 81 heavy (non-hydrogen) atoms. The van der Waals surface area contributed by atoms with Gasteiger partial charge in [0, 0.05) is 93.5 Å². The van der Waals surface area contributed by atoms with Gasteiger partial charge in [0.05, 0.1) is 46.6 Å². The standard InChI is InChI=1S/C26H27FN6O2.C13H18BrN3O2.C13H9ClFN3.CH2O3.3CH4.2K.H/c1-15-12-32(14-29-15)22-10-18-4-5-20(27)23(19(18)11-28-22)24-21-13-31(3)26(34)16(2)33(21)25(30-24)17-6-8-35-9-7-17;1-8-13(18)16(2)7-10-11(14)15-12(17(8)10)9-3-5-19-6-4-9;1-8-6-18(7-17-8)12-4-9-2-3-11(15)13(14)10(9)5-16-12;2-1-4-3;;;;;;/h4-5,10-12,14,16-17H,6-9,13H2,1-3H3;8-9H,3-7H2,1-2H3;2-7H,1H3;1,3H;3*1H4;;;/q;;;;;;;2*+1;-1/p-1. The van der Waals surface area contributed by atoms with Gasteiger partial charge in [-0.05, 0) is 104 Å². The monoisotopic (exact) mass is 1250 g/mol. The van der Waals surface area contributed by atoms with Crippen molar-refractivity contribution < 1.29 is 147 Å². The second kappa shape index (κ2) is 30.9. The summed E-state index contributed by atoms with van der Waals surface area (Å²) in [5.41, 5.74) is 4.80. The molecule has 2 fully saturated rings. The predicted octanol–water partition coefficient (Wildman–Crippen LogP) is 4.22. The van der Waals surface area contributed by atoms with Crippen LogP contribution < -0.4 is 108 Å². The predicted molar refractivity (Wildman–Crippen MR) is 300 cm³/mol. The van der Waals surface area contributed by atoms with E-state index < -0.39 is 11.9 Å². The fourth-order valence-electron chi connectivity index (χ4n) is 10.2. The minimum Gasteiger partial charge on any atom is -1.00 e. The van der Waals surface area contributed by atoms with Crippen molar-refractivity contribution in [3.63, 3.8) is 0 Å². The number of hydrogen-bond acceptors (Lipinski definition) is 13. The molecule has 0 N–H and O–H groups in total. The Bertz CT molecular complexity index is 3460. The molecule has 2 aromatic carbocycles. The van der Waals surface area contributed by atoms with Gasteiger partial charge < -0.3 is 40.0 Å². The van der Waals surface area contributed by atoms with Gasteiger partial charge in [-0.2, -0.15) is 0 Å². The number of imidazole rings is 4. The summed E-state index contributed by atoms with van der Waals surface area (Å²) in [5.74, 6) is 3.31. The largest absolute Gasteiger partial charge is 1.00 e. The Labute approximate surface area is 570 Å². The summed E-state index contributed by atoms with van der Waals surface area (Å²) in [6, 6.07) is 9.52. The summed E-state index contributed by atoms with van der Waals surface area (Å²) in [7, 11) is 3.63. The van der Waals surface area contributed by atoms with E-state index in [0.29, 0.717) is 60.1 Å². The molecule has 424 valence electrons. The molecule has 0 radical (unpaired) electrons. The number of nitrogens with zero attached hydrogens (tertiary/aromatic N) is 12. The van der Waals surface area contributed by atoms with Crippen LogP contribution in [0.1, 0.15) is 122 Å². The van der Waals surface area contributed by atoms with E-state index in [4.69, 9.17) is 36.1 Å². The Morgan fingerprint density at radius 1 is 0.704 bits per heavy atom. The summed E-state index contributed by atoms with van der Waals surface area (Å²) >= 11 is 9.44. The van der Waals surface area contributed by atoms with Gasteiger partial charge in [-0.1, -0.05) is 46.0 Å². The molecule has 2 unspecified atom stereocenters. The Balaban J connectivity index is 0.000000322. The molecule has 8 aromatic rings. The second-order valence-electron chi connectivity index (χ2n) is 19.1. The molecule has 12 rings (SSSR count). The minimum absolute atomic E-state index is 0. The number of fused-ring (bicyclic) bond motifs is 4. The Kier molecular flexibility index (Phi) is 26.6. The van der Waals surface area contributed by atoms with Crippen LogP contribution in [0.3, 0.4) is 0 Å². The van der Waals surface area contributed by atoms with E-state index >= 15 is 4.39 Å². The van der Waals surface area contributed by atoms with Gasteiger partial charge in [0.15, 0.2) is 0 Å². The summed E-state index contributed by atoms with van der Waals surface area (Å²) < 4.78 is 48.5. The number of rotatable bonds is 6. The molecule has 25 heteroatoms. The number of amides is 2. The maximum atomic E-state index is 15.5. The number of aromatic nitrogens is 10. The molecule has 2 atom stereocenters. The fraction of sp³-hybridized carbons (Fsp3) is 0.411. The first-order valence-electron chi connectivity index (χ1n) is 24.7. The van der Waals surface area contributed by atoms with Crippen LogP contribution in [0.15, 0.2) is 78.4 Å². The Morgan fingerprint density at radius 2 is 1.14 bits per heavy atom. The van der Waals surface area contributed by atoms with Crippen LogP contribution in [0.25, 0.3) is 44.4 Å². The van der Waals surface area contributed by atoms with Crippen LogP contribution in [0, 0.1) is 25.5 Å². The van der Waals surface area contributed by atoms with Gasteiger partial charge >= 0.3 is 103 Å². The van der Waals surface area contributed by atoms with Crippen LogP contribution in [0.5, 0.6) is 0 Å². The normalized spacial score (nSPS) is 16.7. The number of ether oxygens (including phenoxy) is 2. The summed E-state index contributed by atoms with van der Waals surface area (Å²) in [4.78, 5) is 66.8. The van der Waals surface area contributed by atoms with Gasteiger partial charge in [0.1, 0.15) is 64.3 Å². The first-order valence-corrected chi connectivity index (χ1v) is 25.8. The van der Waals surface area contributed by atoms with Crippen LogP contribution in [-0.4, -0.2) is 117 Å². The minimum atomic E-state index is -0.433. The van der Waals surface area contributed by atoms with E-state index in [1.165, 1.54) is 12.1 Å². The van der Waals surface area contributed by atoms with Crippen molar-refractivity contribution in [2.45, 2.75) is 113 Å². The average molecular weight is 1250 g/mol. The molecule has 0 bridgehead atoms. The molecular formula is C56H68BrClF2K2N12O7. The van der Waals surface area contributed by atoms with Gasteiger partial charge in [-0.15, -0.1) is 0 Å². The number of carbonyl (C=O) groups excluding carboxylic acids is 3. The number of carbonyl (C=O) groups is 3. The number of likely N-dealkylation sites (N-methyl/N-ethyl adjacent to an activating group) is 2. The van der Waals surface area contributed by atoms with Crippen LogP contribution in [-0.2, 0) is 41.8 Å². The molecule has 2 saturated heterocycles. The fourth-order valence-corrected chi connectivity index (χ4v) is 10.9. The van der Waals surface area contributed by atoms with Crippen molar-refractivity contribution in [3.8, 4) is 22.9 Å². The van der Waals surface area contributed by atoms with E-state index in [1.807, 2.05) is 73.0 Å².